The Kier molecular flexibility index (Phi) is 9.60. The fourth-order valence-electron chi connectivity index (χ4n) is 2.46. The quantitative estimate of drug-likeness (QED) is 0.565. The van der Waals surface area contributed by atoms with Crippen molar-refractivity contribution in [3.05, 3.63) is 57.0 Å². The molecule has 22 heavy (non-hydrogen) atoms. The number of allylic oxidation sites excluding steroid dienone is 4. The van der Waals surface area contributed by atoms with Gasteiger partial charge >= 0.3 is 129 Å². The maximum absolute atomic E-state index is 12.5. The molecule has 0 spiro atoms. The Labute approximate surface area is 153 Å². The van der Waals surface area contributed by atoms with E-state index in [-0.39, 0.29) is 30.7 Å². The van der Waals surface area contributed by atoms with Crippen LogP contribution < -0.4 is 28.6 Å². The molecule has 0 aliphatic heterocycles. The third-order valence-corrected chi connectivity index (χ3v) is 14.7. The van der Waals surface area contributed by atoms with E-state index in [0.29, 0.717) is 0 Å². The standard InChI is InChI=1S/C8H9NO.C6H7.C2H7Si.2ClH.Ti/c1-6-4-2-3-5-7(6)8(9)10;1-6-4-2-3-5-6;1-3-2;;;/h2-5H,1H3,(H2,9,10);4-5H,2H2,1H3;3H,1-2H3;2*1H;/q;;;;;+3/p-3. The van der Waals surface area contributed by atoms with E-state index in [1.165, 1.54) is 9.45 Å². The van der Waals surface area contributed by atoms with E-state index in [0.717, 1.165) is 17.5 Å². The molecule has 2 rings (SSSR count). The van der Waals surface area contributed by atoms with Crippen molar-refractivity contribution < 1.29 is 47.0 Å². The summed E-state index contributed by atoms with van der Waals surface area (Å²) in [6, 6.07) is 7.85. The van der Waals surface area contributed by atoms with Gasteiger partial charge in [-0.05, 0) is 0 Å². The van der Waals surface area contributed by atoms with Crippen molar-refractivity contribution in [2.24, 2.45) is 0 Å². The molecular formula is C16H22Cl2NOSiTi. The van der Waals surface area contributed by atoms with Crippen LogP contribution in [0.5, 0.6) is 0 Å². The molecule has 0 radical (unpaired) electrons. The zero-order valence-corrected chi connectivity index (χ0v) is 17.6. The molecule has 1 aliphatic carbocycles. The van der Waals surface area contributed by atoms with Gasteiger partial charge in [0.1, 0.15) is 0 Å². The van der Waals surface area contributed by atoms with Gasteiger partial charge in [0, 0.05) is 0 Å². The van der Waals surface area contributed by atoms with Crippen LogP contribution in [0.4, 0.5) is 0 Å². The number of hydrogen-bond acceptors (Lipinski definition) is 1. The Morgan fingerprint density at radius 3 is 2.32 bits per heavy atom. The smallest absolute Gasteiger partial charge is 1.00 e. The Hall–Kier alpha value is -0.319. The molecule has 2 nitrogen and oxygen atoms in total. The van der Waals surface area contributed by atoms with Gasteiger partial charge in [-0.15, -0.1) is 0 Å². The summed E-state index contributed by atoms with van der Waals surface area (Å²) >= 11 is -1.61. The van der Waals surface area contributed by atoms with Gasteiger partial charge in [-0.25, -0.2) is 0 Å². The molecule has 1 aliphatic rings. The van der Waals surface area contributed by atoms with Crippen LogP contribution in [0.15, 0.2) is 45.9 Å². The van der Waals surface area contributed by atoms with Gasteiger partial charge in [-0.3, -0.25) is 0 Å². The third kappa shape index (κ3) is 5.39. The summed E-state index contributed by atoms with van der Waals surface area (Å²) in [4.78, 5) is 12.5. The molecule has 1 aromatic carbocycles. The van der Waals surface area contributed by atoms with Gasteiger partial charge in [0.05, 0.1) is 0 Å². The number of carbonyl (C=O) groups excluding carboxylic acids is 1. The largest absolute Gasteiger partial charge is 1.00 e. The Morgan fingerprint density at radius 1 is 1.18 bits per heavy atom. The molecule has 0 bridgehead atoms. The first-order valence-corrected chi connectivity index (χ1v) is 14.3. The number of nitrogens with one attached hydrogen (secondary N) is 1. The average Bonchev–Trinajstić information content (AvgIpc) is 2.82. The molecule has 0 aromatic heterocycles. The molecule has 1 N–H and O–H groups in total. The minimum Gasteiger partial charge on any atom is -1.00 e. The number of rotatable bonds is 4. The monoisotopic (exact) mass is 390 g/mol. The number of hydrogen-bond donors (Lipinski definition) is 1. The summed E-state index contributed by atoms with van der Waals surface area (Å²) in [5, 5.41) is 0. The second kappa shape index (κ2) is 9.74. The molecule has 0 saturated heterocycles. The molecule has 0 unspecified atom stereocenters. The van der Waals surface area contributed by atoms with Crippen LogP contribution in [0.2, 0.25) is 13.1 Å². The van der Waals surface area contributed by atoms with E-state index in [1.807, 2.05) is 31.2 Å². The van der Waals surface area contributed by atoms with E-state index in [1.54, 1.807) is 0 Å². The van der Waals surface area contributed by atoms with Gasteiger partial charge in [-0.1, -0.05) is 0 Å². The zero-order valence-electron chi connectivity index (χ0n) is 13.4. The van der Waals surface area contributed by atoms with Crippen LogP contribution in [-0.4, -0.2) is 12.6 Å². The van der Waals surface area contributed by atoms with Crippen molar-refractivity contribution in [1.29, 1.82) is 0 Å². The van der Waals surface area contributed by atoms with Crippen LogP contribution in [0, 0.1) is 6.92 Å². The van der Waals surface area contributed by atoms with E-state index >= 15 is 0 Å². The molecule has 1 amide bonds. The molecular weight excluding hydrogens is 369 g/mol. The zero-order chi connectivity index (χ0) is 14.7. The number of amides is 1. The predicted octanol–water partition coefficient (Wildman–Crippen LogP) is -2.52. The minimum absolute atomic E-state index is 0. The summed E-state index contributed by atoms with van der Waals surface area (Å²) in [6.07, 6.45) is 5.64. The van der Waals surface area contributed by atoms with Crippen LogP contribution in [-0.2, 0) is 17.4 Å². The molecule has 1 aromatic rings. The molecule has 6 heteroatoms. The van der Waals surface area contributed by atoms with Crippen molar-refractivity contribution in [3.8, 4) is 0 Å². The molecule has 0 heterocycles. The van der Waals surface area contributed by atoms with Crippen LogP contribution in [0.1, 0.15) is 29.3 Å². The summed E-state index contributed by atoms with van der Waals surface area (Å²) in [5.41, 5.74) is 3.24. The van der Waals surface area contributed by atoms with Crippen LogP contribution in [0.3, 0.4) is 0 Å². The second-order valence-electron chi connectivity index (χ2n) is 5.66. The van der Waals surface area contributed by atoms with Gasteiger partial charge in [0.25, 0.3) is 0 Å². The van der Waals surface area contributed by atoms with E-state index in [2.05, 4.69) is 36.0 Å². The molecule has 0 fully saturated rings. The second-order valence-corrected chi connectivity index (χ2v) is 18.4. The van der Waals surface area contributed by atoms with Crippen molar-refractivity contribution in [2.45, 2.75) is 33.4 Å². The van der Waals surface area contributed by atoms with Gasteiger partial charge in [-0.2, -0.15) is 0 Å². The number of benzene rings is 1. The number of carbonyl (C=O) groups is 1. The first-order valence-electron chi connectivity index (χ1n) is 7.10. The Bertz CT molecular complexity index is 587. The van der Waals surface area contributed by atoms with E-state index < -0.39 is 24.0 Å². The summed E-state index contributed by atoms with van der Waals surface area (Å²) in [6.45, 7) is 8.05. The van der Waals surface area contributed by atoms with Gasteiger partial charge in [0.15, 0.2) is 0 Å². The Morgan fingerprint density at radius 2 is 1.82 bits per heavy atom. The third-order valence-electron chi connectivity index (χ3n) is 3.61. The van der Waals surface area contributed by atoms with Gasteiger partial charge in [0.2, 0.25) is 0 Å². The number of aryl methyl sites for hydroxylation is 1. The predicted molar refractivity (Wildman–Crippen MR) is 84.0 cm³/mol. The molecule has 119 valence electrons. The SMILES string of the molecule is CC1=CC[C]([Ti+2]([NH]C(=O)c2ccccc2C)[SiH](C)C)=C1.[Cl-].[Cl-]. The summed E-state index contributed by atoms with van der Waals surface area (Å²) in [7, 11) is 0. The van der Waals surface area contributed by atoms with Crippen LogP contribution >= 0.6 is 0 Å². The summed E-state index contributed by atoms with van der Waals surface area (Å²) < 4.78 is 4.96. The van der Waals surface area contributed by atoms with E-state index in [9.17, 15) is 4.79 Å². The minimum atomic E-state index is -1.61. The molecule has 0 saturated carbocycles. The van der Waals surface area contributed by atoms with Crippen molar-refractivity contribution >= 4 is 12.6 Å². The fraction of sp³-hybridized carbons (Fsp3) is 0.312. The molecule has 0 atom stereocenters. The van der Waals surface area contributed by atoms with Crippen molar-refractivity contribution in [1.82, 2.24) is 3.80 Å². The maximum Gasteiger partial charge on any atom is -1.00 e. The van der Waals surface area contributed by atoms with Crippen LogP contribution in [0.25, 0.3) is 0 Å². The van der Waals surface area contributed by atoms with Gasteiger partial charge < -0.3 is 24.8 Å². The Balaban J connectivity index is 0.00000220. The normalized spacial score (nSPS) is 12.8. The maximum atomic E-state index is 12.5. The first-order chi connectivity index (χ1) is 9.49. The average molecular weight is 391 g/mol. The topological polar surface area (TPSA) is 29.1 Å². The fourth-order valence-corrected chi connectivity index (χ4v) is 11.6. The van der Waals surface area contributed by atoms with Crippen molar-refractivity contribution in [2.75, 3.05) is 0 Å². The first kappa shape index (κ1) is 21.7. The summed E-state index contributed by atoms with van der Waals surface area (Å²) in [5.74, 6) is 0.129. The van der Waals surface area contributed by atoms with Crippen molar-refractivity contribution in [3.63, 3.8) is 0 Å². The number of halogens is 2. The van der Waals surface area contributed by atoms with E-state index in [4.69, 9.17) is 0 Å².